The predicted octanol–water partition coefficient (Wildman–Crippen LogP) is 3.79. The van der Waals surface area contributed by atoms with Crippen LogP contribution in [0.2, 0.25) is 0 Å². The molecule has 0 aliphatic carbocycles. The van der Waals surface area contributed by atoms with E-state index >= 15 is 0 Å². The average Bonchev–Trinajstić information content (AvgIpc) is 2.37. The zero-order chi connectivity index (χ0) is 13.4. The van der Waals surface area contributed by atoms with Crippen LogP contribution in [0.4, 0.5) is 0 Å². The van der Waals surface area contributed by atoms with Crippen molar-refractivity contribution in [2.75, 3.05) is 5.75 Å². The first kappa shape index (κ1) is 15.1. The van der Waals surface area contributed by atoms with Crippen LogP contribution in [0.1, 0.15) is 44.4 Å². The molecule has 2 unspecified atom stereocenters. The minimum Gasteiger partial charge on any atom is -0.353 e. The molecule has 1 amide bonds. The summed E-state index contributed by atoms with van der Waals surface area (Å²) in [4.78, 5) is 11.7. The Morgan fingerprint density at radius 3 is 2.56 bits per heavy atom. The molecule has 18 heavy (non-hydrogen) atoms. The fraction of sp³-hybridized carbons (Fsp3) is 0.533. The van der Waals surface area contributed by atoms with Crippen LogP contribution in [0.5, 0.6) is 0 Å². The molecule has 0 aromatic heterocycles. The molecule has 0 aliphatic rings. The lowest BCUT2D eigenvalue weighted by Crippen LogP contribution is -2.33. The first-order valence-corrected chi connectivity index (χ1v) is 7.64. The molecule has 0 saturated heterocycles. The van der Waals surface area contributed by atoms with E-state index in [9.17, 15) is 4.79 Å². The van der Waals surface area contributed by atoms with Gasteiger partial charge in [0.05, 0.1) is 5.75 Å². The van der Waals surface area contributed by atoms with Gasteiger partial charge in [-0.05, 0) is 25.8 Å². The van der Waals surface area contributed by atoms with Crippen molar-refractivity contribution in [3.05, 3.63) is 35.9 Å². The minimum atomic E-state index is 0.142. The summed E-state index contributed by atoms with van der Waals surface area (Å²) in [5.41, 5.74) is 1.27. The van der Waals surface area contributed by atoms with Crippen molar-refractivity contribution in [2.24, 2.45) is 0 Å². The third kappa shape index (κ3) is 5.58. The molecular formula is C15H23NOS. The monoisotopic (exact) mass is 265 g/mol. The van der Waals surface area contributed by atoms with Gasteiger partial charge in [-0.2, -0.15) is 0 Å². The zero-order valence-electron chi connectivity index (χ0n) is 11.5. The molecule has 0 radical (unpaired) electrons. The number of hydrogen-bond acceptors (Lipinski definition) is 2. The normalized spacial score (nSPS) is 13.9. The molecule has 0 fully saturated rings. The van der Waals surface area contributed by atoms with Crippen molar-refractivity contribution in [1.29, 1.82) is 0 Å². The molecule has 2 atom stereocenters. The number of amides is 1. The second kappa shape index (κ2) is 8.20. The van der Waals surface area contributed by atoms with Gasteiger partial charge in [-0.1, -0.05) is 43.7 Å². The molecule has 1 N–H and O–H groups in total. The van der Waals surface area contributed by atoms with Gasteiger partial charge in [0.2, 0.25) is 5.91 Å². The Morgan fingerprint density at radius 1 is 1.28 bits per heavy atom. The Kier molecular flexibility index (Phi) is 6.88. The van der Waals surface area contributed by atoms with Crippen LogP contribution in [0.3, 0.4) is 0 Å². The van der Waals surface area contributed by atoms with E-state index in [-0.39, 0.29) is 11.9 Å². The van der Waals surface area contributed by atoms with Gasteiger partial charge in [0.1, 0.15) is 0 Å². The van der Waals surface area contributed by atoms with Crippen LogP contribution in [0.25, 0.3) is 0 Å². The van der Waals surface area contributed by atoms with Crippen LogP contribution < -0.4 is 5.32 Å². The minimum absolute atomic E-state index is 0.142. The van der Waals surface area contributed by atoms with E-state index in [0.29, 0.717) is 11.0 Å². The maximum absolute atomic E-state index is 11.7. The fourth-order valence-electron chi connectivity index (χ4n) is 1.84. The largest absolute Gasteiger partial charge is 0.353 e. The summed E-state index contributed by atoms with van der Waals surface area (Å²) in [6.45, 7) is 6.34. The molecule has 0 heterocycles. The first-order chi connectivity index (χ1) is 8.63. The Balaban J connectivity index is 2.30. The van der Waals surface area contributed by atoms with E-state index in [0.717, 1.165) is 12.8 Å². The van der Waals surface area contributed by atoms with Gasteiger partial charge in [-0.15, -0.1) is 11.8 Å². The van der Waals surface area contributed by atoms with Crippen LogP contribution in [0.15, 0.2) is 30.3 Å². The van der Waals surface area contributed by atoms with Crippen molar-refractivity contribution in [3.8, 4) is 0 Å². The third-order valence-corrected chi connectivity index (χ3v) is 4.06. The van der Waals surface area contributed by atoms with E-state index in [1.54, 1.807) is 11.8 Å². The highest BCUT2D eigenvalue weighted by Gasteiger charge is 2.10. The van der Waals surface area contributed by atoms with E-state index in [1.165, 1.54) is 5.56 Å². The lowest BCUT2D eigenvalue weighted by Gasteiger charge is -2.14. The fourth-order valence-corrected chi connectivity index (χ4v) is 2.68. The van der Waals surface area contributed by atoms with Gasteiger partial charge >= 0.3 is 0 Å². The third-order valence-electron chi connectivity index (χ3n) is 2.86. The number of carbonyl (C=O) groups is 1. The number of carbonyl (C=O) groups excluding carboxylic acids is 1. The average molecular weight is 265 g/mol. The van der Waals surface area contributed by atoms with Crippen LogP contribution in [-0.4, -0.2) is 17.7 Å². The summed E-state index contributed by atoms with van der Waals surface area (Å²) in [5, 5.41) is 3.39. The molecule has 100 valence electrons. The summed E-state index contributed by atoms with van der Waals surface area (Å²) in [6.07, 6.45) is 2.15. The molecule has 1 aromatic rings. The van der Waals surface area contributed by atoms with Crippen molar-refractivity contribution in [3.63, 3.8) is 0 Å². The number of hydrogen-bond donors (Lipinski definition) is 1. The Bertz CT molecular complexity index is 353. The van der Waals surface area contributed by atoms with E-state index < -0.39 is 0 Å². The maximum atomic E-state index is 11.7. The molecule has 0 spiro atoms. The number of rotatable bonds is 7. The Hall–Kier alpha value is -0.960. The topological polar surface area (TPSA) is 29.1 Å². The first-order valence-electron chi connectivity index (χ1n) is 6.59. The second-order valence-corrected chi connectivity index (χ2v) is 5.95. The second-order valence-electron chi connectivity index (χ2n) is 4.62. The highest BCUT2D eigenvalue weighted by Crippen LogP contribution is 2.27. The van der Waals surface area contributed by atoms with Gasteiger partial charge in [0.25, 0.3) is 0 Å². The van der Waals surface area contributed by atoms with Crippen LogP contribution in [0, 0.1) is 0 Å². The zero-order valence-corrected chi connectivity index (χ0v) is 12.3. The highest BCUT2D eigenvalue weighted by molar-refractivity contribution is 8.00. The standard InChI is InChI=1S/C15H23NOS/c1-4-8-12(2)16-15(17)11-18-13(3)14-9-6-5-7-10-14/h5-7,9-10,12-13H,4,8,11H2,1-3H3,(H,16,17). The van der Waals surface area contributed by atoms with Crippen molar-refractivity contribution in [1.82, 2.24) is 5.32 Å². The lowest BCUT2D eigenvalue weighted by molar-refractivity contribution is -0.119. The summed E-state index contributed by atoms with van der Waals surface area (Å²) in [5.74, 6) is 0.674. The quantitative estimate of drug-likeness (QED) is 0.812. The molecule has 0 saturated carbocycles. The van der Waals surface area contributed by atoms with Crippen LogP contribution >= 0.6 is 11.8 Å². The molecule has 0 bridgehead atoms. The summed E-state index contributed by atoms with van der Waals surface area (Å²) in [7, 11) is 0. The Morgan fingerprint density at radius 2 is 1.94 bits per heavy atom. The van der Waals surface area contributed by atoms with Gasteiger partial charge in [0.15, 0.2) is 0 Å². The van der Waals surface area contributed by atoms with E-state index in [4.69, 9.17) is 0 Å². The number of thioether (sulfide) groups is 1. The number of nitrogens with one attached hydrogen (secondary N) is 1. The van der Waals surface area contributed by atoms with Gasteiger partial charge in [-0.3, -0.25) is 4.79 Å². The molecule has 2 nitrogen and oxygen atoms in total. The molecule has 1 rings (SSSR count). The van der Waals surface area contributed by atoms with Gasteiger partial charge in [0, 0.05) is 11.3 Å². The summed E-state index contributed by atoms with van der Waals surface area (Å²) >= 11 is 1.69. The summed E-state index contributed by atoms with van der Waals surface area (Å²) < 4.78 is 0. The molecular weight excluding hydrogens is 242 g/mol. The van der Waals surface area contributed by atoms with Gasteiger partial charge in [-0.25, -0.2) is 0 Å². The molecule has 0 aliphatic heterocycles. The maximum Gasteiger partial charge on any atom is 0.230 e. The van der Waals surface area contributed by atoms with Crippen molar-refractivity contribution >= 4 is 17.7 Å². The number of benzene rings is 1. The molecule has 3 heteroatoms. The van der Waals surface area contributed by atoms with E-state index in [1.807, 2.05) is 18.2 Å². The van der Waals surface area contributed by atoms with E-state index in [2.05, 4.69) is 38.2 Å². The SMILES string of the molecule is CCCC(C)NC(=O)CSC(C)c1ccccc1. The predicted molar refractivity (Wildman–Crippen MR) is 79.8 cm³/mol. The summed E-state index contributed by atoms with van der Waals surface area (Å²) in [6, 6.07) is 10.6. The van der Waals surface area contributed by atoms with Crippen molar-refractivity contribution in [2.45, 2.75) is 44.9 Å². The van der Waals surface area contributed by atoms with Gasteiger partial charge < -0.3 is 5.32 Å². The van der Waals surface area contributed by atoms with Crippen molar-refractivity contribution < 1.29 is 4.79 Å². The highest BCUT2D eigenvalue weighted by atomic mass is 32.2. The van der Waals surface area contributed by atoms with Crippen LogP contribution in [-0.2, 0) is 4.79 Å². The lowest BCUT2D eigenvalue weighted by atomic mass is 10.2. The smallest absolute Gasteiger partial charge is 0.230 e. The Labute approximate surface area is 115 Å². The molecule has 1 aromatic carbocycles.